The maximum absolute atomic E-state index is 12.6. The number of hydrogen-bond donors (Lipinski definition) is 1. The highest BCUT2D eigenvalue weighted by Gasteiger charge is 2.29. The number of carbonyl (C=O) groups is 1. The summed E-state index contributed by atoms with van der Waals surface area (Å²) in [5.41, 5.74) is 3.52. The van der Waals surface area contributed by atoms with Gasteiger partial charge in [-0.25, -0.2) is 4.68 Å². The molecule has 0 saturated heterocycles. The molecule has 2 aromatic carbocycles. The normalized spacial score (nSPS) is 13.4. The van der Waals surface area contributed by atoms with E-state index in [1.54, 1.807) is 42.1 Å². The van der Waals surface area contributed by atoms with Crippen LogP contribution in [0.3, 0.4) is 0 Å². The van der Waals surface area contributed by atoms with Crippen molar-refractivity contribution in [2.75, 3.05) is 5.32 Å². The Hall–Kier alpha value is -3.45. The first-order chi connectivity index (χ1) is 14.6. The minimum absolute atomic E-state index is 0.225. The van der Waals surface area contributed by atoms with Crippen LogP contribution in [0.2, 0.25) is 5.02 Å². The van der Waals surface area contributed by atoms with E-state index in [0.717, 1.165) is 24.1 Å². The van der Waals surface area contributed by atoms with E-state index in [1.165, 1.54) is 0 Å². The Morgan fingerprint density at radius 1 is 1.13 bits per heavy atom. The zero-order valence-corrected chi connectivity index (χ0v) is 16.9. The van der Waals surface area contributed by atoms with Gasteiger partial charge in [-0.05, 0) is 68.3 Å². The topological polar surface area (TPSA) is 85.8 Å². The van der Waals surface area contributed by atoms with Gasteiger partial charge in [0.2, 0.25) is 11.7 Å². The molecule has 2 heterocycles. The highest BCUT2D eigenvalue weighted by molar-refractivity contribution is 6.30. The largest absolute Gasteiger partial charge is 0.339 e. The number of rotatable bonds is 5. The van der Waals surface area contributed by atoms with Gasteiger partial charge in [0.1, 0.15) is 0 Å². The van der Waals surface area contributed by atoms with Gasteiger partial charge in [-0.1, -0.05) is 16.8 Å². The molecule has 1 aliphatic rings. The Morgan fingerprint density at radius 3 is 2.57 bits per heavy atom. The summed E-state index contributed by atoms with van der Waals surface area (Å²) in [4.78, 5) is 17.1. The Morgan fingerprint density at radius 2 is 1.87 bits per heavy atom. The van der Waals surface area contributed by atoms with E-state index in [2.05, 4.69) is 20.6 Å². The third kappa shape index (κ3) is 3.71. The third-order valence-electron chi connectivity index (χ3n) is 5.00. The van der Waals surface area contributed by atoms with Crippen LogP contribution in [0.1, 0.15) is 40.7 Å². The second-order valence-electron chi connectivity index (χ2n) is 7.31. The summed E-state index contributed by atoms with van der Waals surface area (Å²) in [5, 5.41) is 12.0. The predicted molar refractivity (Wildman–Crippen MR) is 113 cm³/mol. The van der Waals surface area contributed by atoms with Crippen molar-refractivity contribution in [1.29, 1.82) is 0 Å². The van der Waals surface area contributed by atoms with Gasteiger partial charge in [0, 0.05) is 28.4 Å². The first kappa shape index (κ1) is 18.6. The fourth-order valence-electron chi connectivity index (χ4n) is 3.16. The Kier molecular flexibility index (Phi) is 4.59. The van der Waals surface area contributed by atoms with Crippen molar-refractivity contribution in [2.45, 2.75) is 25.7 Å². The molecule has 150 valence electrons. The molecule has 1 N–H and O–H groups in total. The van der Waals surface area contributed by atoms with E-state index in [4.69, 9.17) is 16.1 Å². The Labute approximate surface area is 177 Å². The highest BCUT2D eigenvalue weighted by atomic mass is 35.5. The molecule has 7 nitrogen and oxygen atoms in total. The molecule has 5 rings (SSSR count). The third-order valence-corrected chi connectivity index (χ3v) is 5.26. The van der Waals surface area contributed by atoms with Crippen LogP contribution in [0.5, 0.6) is 0 Å². The number of aryl methyl sites for hydroxylation is 1. The molecule has 0 radical (unpaired) electrons. The van der Waals surface area contributed by atoms with Crippen molar-refractivity contribution < 1.29 is 9.32 Å². The second kappa shape index (κ2) is 7.42. The summed E-state index contributed by atoms with van der Waals surface area (Å²) in [5.74, 6) is 1.50. The van der Waals surface area contributed by atoms with Crippen LogP contribution in [-0.2, 0) is 0 Å². The molecule has 0 atom stereocenters. The van der Waals surface area contributed by atoms with E-state index in [-0.39, 0.29) is 5.91 Å². The number of aromatic nitrogens is 4. The zero-order valence-electron chi connectivity index (χ0n) is 16.2. The molecule has 2 aromatic heterocycles. The van der Waals surface area contributed by atoms with Crippen LogP contribution in [-0.4, -0.2) is 25.8 Å². The van der Waals surface area contributed by atoms with Crippen LogP contribution in [0.25, 0.3) is 17.1 Å². The van der Waals surface area contributed by atoms with Gasteiger partial charge in [0.05, 0.1) is 16.9 Å². The minimum atomic E-state index is -0.225. The van der Waals surface area contributed by atoms with Gasteiger partial charge in [-0.15, -0.1) is 0 Å². The van der Waals surface area contributed by atoms with Crippen molar-refractivity contribution in [2.24, 2.45) is 0 Å². The average molecular weight is 420 g/mol. The average Bonchev–Trinajstić information content (AvgIpc) is 3.35. The van der Waals surface area contributed by atoms with Crippen molar-refractivity contribution in [1.82, 2.24) is 19.9 Å². The molecule has 1 fully saturated rings. The smallest absolute Gasteiger partial charge is 0.259 e. The quantitative estimate of drug-likeness (QED) is 0.491. The molecular formula is C22H18ClN5O2. The van der Waals surface area contributed by atoms with Crippen molar-refractivity contribution in [3.63, 3.8) is 0 Å². The summed E-state index contributed by atoms with van der Waals surface area (Å²) in [6.45, 7) is 1.81. The van der Waals surface area contributed by atoms with E-state index in [9.17, 15) is 4.79 Å². The number of hydrogen-bond acceptors (Lipinski definition) is 5. The lowest BCUT2D eigenvalue weighted by Crippen LogP contribution is -2.12. The zero-order chi connectivity index (χ0) is 20.7. The van der Waals surface area contributed by atoms with Crippen LogP contribution in [0.4, 0.5) is 5.69 Å². The fraction of sp³-hybridized carbons (Fsp3) is 0.182. The van der Waals surface area contributed by atoms with Crippen molar-refractivity contribution in [3.8, 4) is 17.1 Å². The molecule has 0 unspecified atom stereocenters. The molecule has 0 aliphatic heterocycles. The van der Waals surface area contributed by atoms with E-state index < -0.39 is 0 Å². The summed E-state index contributed by atoms with van der Waals surface area (Å²) >= 11 is 5.89. The van der Waals surface area contributed by atoms with Gasteiger partial charge >= 0.3 is 0 Å². The number of halogens is 1. The number of carbonyl (C=O) groups excluding carboxylic acids is 1. The molecule has 8 heteroatoms. The van der Waals surface area contributed by atoms with Crippen LogP contribution in [0, 0.1) is 6.92 Å². The van der Waals surface area contributed by atoms with Crippen LogP contribution >= 0.6 is 11.6 Å². The van der Waals surface area contributed by atoms with Gasteiger partial charge in [-0.3, -0.25) is 4.79 Å². The first-order valence-electron chi connectivity index (χ1n) is 9.64. The monoisotopic (exact) mass is 419 g/mol. The molecule has 1 saturated carbocycles. The lowest BCUT2D eigenvalue weighted by Gasteiger charge is -2.04. The second-order valence-corrected chi connectivity index (χ2v) is 7.75. The summed E-state index contributed by atoms with van der Waals surface area (Å²) < 4.78 is 7.01. The number of anilines is 1. The van der Waals surface area contributed by atoms with Crippen LogP contribution in [0.15, 0.2) is 59.3 Å². The van der Waals surface area contributed by atoms with Crippen molar-refractivity contribution in [3.05, 3.63) is 76.9 Å². The number of benzene rings is 2. The molecule has 30 heavy (non-hydrogen) atoms. The predicted octanol–water partition coefficient (Wildman–Crippen LogP) is 5.01. The van der Waals surface area contributed by atoms with Gasteiger partial charge in [0.15, 0.2) is 0 Å². The summed E-state index contributed by atoms with van der Waals surface area (Å²) in [6.07, 6.45) is 3.95. The molecular weight excluding hydrogens is 402 g/mol. The van der Waals surface area contributed by atoms with Gasteiger partial charge in [-0.2, -0.15) is 10.1 Å². The number of nitrogens with zero attached hydrogens (tertiary/aromatic N) is 4. The fourth-order valence-corrected chi connectivity index (χ4v) is 3.28. The van der Waals surface area contributed by atoms with E-state index in [0.29, 0.717) is 39.6 Å². The highest BCUT2D eigenvalue weighted by Crippen LogP contribution is 2.39. The number of amides is 1. The maximum atomic E-state index is 12.6. The Balaban J connectivity index is 1.34. The van der Waals surface area contributed by atoms with E-state index in [1.807, 2.05) is 24.3 Å². The lowest BCUT2D eigenvalue weighted by atomic mass is 10.2. The summed E-state index contributed by atoms with van der Waals surface area (Å²) in [7, 11) is 0. The standard InChI is InChI=1S/C22H18ClN5O2/c1-13-19(21(29)24-17-8-6-16(23)7-9-17)12-28(26-13)18-10-4-14(5-11-18)20-25-22(30-27-20)15-2-3-15/h4-12,15H,2-3H2,1H3,(H,24,29). The maximum Gasteiger partial charge on any atom is 0.259 e. The minimum Gasteiger partial charge on any atom is -0.339 e. The molecule has 1 amide bonds. The Bertz CT molecular complexity index is 1210. The first-order valence-corrected chi connectivity index (χ1v) is 10.0. The SMILES string of the molecule is Cc1nn(-c2ccc(-c3noc(C4CC4)n3)cc2)cc1C(=O)Nc1ccc(Cl)cc1. The lowest BCUT2D eigenvalue weighted by molar-refractivity contribution is 0.102. The van der Waals surface area contributed by atoms with E-state index >= 15 is 0 Å². The van der Waals surface area contributed by atoms with Gasteiger partial charge in [0.25, 0.3) is 5.91 Å². The molecule has 4 aromatic rings. The molecule has 0 spiro atoms. The van der Waals surface area contributed by atoms with Crippen LogP contribution < -0.4 is 5.32 Å². The molecule has 0 bridgehead atoms. The number of nitrogens with one attached hydrogen (secondary N) is 1. The molecule has 1 aliphatic carbocycles. The summed E-state index contributed by atoms with van der Waals surface area (Å²) in [6, 6.07) is 14.6. The van der Waals surface area contributed by atoms with Gasteiger partial charge < -0.3 is 9.84 Å². The van der Waals surface area contributed by atoms with Crippen molar-refractivity contribution >= 4 is 23.2 Å².